The molecule has 0 saturated carbocycles. The van der Waals surface area contributed by atoms with Crippen molar-refractivity contribution in [2.75, 3.05) is 12.5 Å². The lowest BCUT2D eigenvalue weighted by molar-refractivity contribution is -0.136. The fourth-order valence-electron chi connectivity index (χ4n) is 2.57. The van der Waals surface area contributed by atoms with Crippen LogP contribution in [-0.2, 0) is 4.79 Å². The van der Waals surface area contributed by atoms with Gasteiger partial charge in [-0.2, -0.15) is 0 Å². The maximum absolute atomic E-state index is 11.2. The van der Waals surface area contributed by atoms with Crippen molar-refractivity contribution in [2.45, 2.75) is 23.1 Å². The molecule has 0 spiro atoms. The quantitative estimate of drug-likeness (QED) is 0.709. The van der Waals surface area contributed by atoms with Gasteiger partial charge in [0.15, 0.2) is 0 Å². The van der Waals surface area contributed by atoms with E-state index in [2.05, 4.69) is 30.7 Å². The summed E-state index contributed by atoms with van der Waals surface area (Å²) in [4.78, 5) is 13.6. The summed E-state index contributed by atoms with van der Waals surface area (Å²) in [5.41, 5.74) is 4.00. The normalized spacial score (nSPS) is 12.0. The highest BCUT2D eigenvalue weighted by Crippen LogP contribution is 2.34. The molecule has 120 valence electrons. The fraction of sp³-hybridized carbons (Fsp3) is 0.211. The lowest BCUT2D eigenvalue weighted by Crippen LogP contribution is -2.00. The molecule has 1 N–H and O–H groups in total. The number of carboxylic acids is 1. The van der Waals surface area contributed by atoms with Gasteiger partial charge in [0.05, 0.1) is 6.42 Å². The first-order valence-corrected chi connectivity index (χ1v) is 9.71. The molecule has 0 unspecified atom stereocenters. The second-order valence-corrected chi connectivity index (χ2v) is 6.86. The van der Waals surface area contributed by atoms with Crippen molar-refractivity contribution < 1.29 is 9.90 Å². The zero-order chi connectivity index (χ0) is 16.8. The molecule has 0 amide bonds. The summed E-state index contributed by atoms with van der Waals surface area (Å²) in [6.07, 6.45) is 4.18. The van der Waals surface area contributed by atoms with Gasteiger partial charge in [0, 0.05) is 9.79 Å². The highest BCUT2D eigenvalue weighted by atomic mass is 32.2. The molecule has 2 aromatic carbocycles. The van der Waals surface area contributed by atoms with Crippen LogP contribution in [0.4, 0.5) is 0 Å². The predicted molar refractivity (Wildman–Crippen MR) is 100 cm³/mol. The first-order valence-electron chi connectivity index (χ1n) is 7.26. The van der Waals surface area contributed by atoms with Crippen molar-refractivity contribution in [1.29, 1.82) is 0 Å². The van der Waals surface area contributed by atoms with Crippen LogP contribution in [0.15, 0.2) is 63.9 Å². The average Bonchev–Trinajstić information content (AvgIpc) is 2.55. The van der Waals surface area contributed by atoms with Gasteiger partial charge in [-0.15, -0.1) is 23.5 Å². The minimum absolute atomic E-state index is 0.0448. The van der Waals surface area contributed by atoms with Crippen LogP contribution in [0.3, 0.4) is 0 Å². The summed E-state index contributed by atoms with van der Waals surface area (Å²) in [5, 5.41) is 9.17. The van der Waals surface area contributed by atoms with Crippen LogP contribution in [0.2, 0.25) is 0 Å². The smallest absolute Gasteiger partial charge is 0.307 e. The van der Waals surface area contributed by atoms with Crippen LogP contribution in [0, 0.1) is 0 Å². The highest BCUT2D eigenvalue weighted by Gasteiger charge is 2.13. The number of carboxylic acid groups (broad SMARTS) is 1. The van der Waals surface area contributed by atoms with Crippen molar-refractivity contribution in [3.05, 3.63) is 65.2 Å². The standard InChI is InChI=1S/C19H20O2S2/c1-13(11-18(20)21)19(14-7-5-4-6-8-14)15-9-10-16(22-2)17(12-15)23-3/h4-10,12H,11H2,1-3H3,(H,20,21)/b19-13-. The van der Waals surface area contributed by atoms with Crippen molar-refractivity contribution in [3.8, 4) is 0 Å². The van der Waals surface area contributed by atoms with Gasteiger partial charge in [0.25, 0.3) is 0 Å². The number of thioether (sulfide) groups is 2. The molecule has 23 heavy (non-hydrogen) atoms. The molecule has 0 fully saturated rings. The minimum atomic E-state index is -0.804. The number of aliphatic carboxylic acids is 1. The Bertz CT molecular complexity index is 721. The molecule has 2 aromatic rings. The van der Waals surface area contributed by atoms with Crippen LogP contribution < -0.4 is 0 Å². The van der Waals surface area contributed by atoms with E-state index in [4.69, 9.17) is 5.11 Å². The summed E-state index contributed by atoms with van der Waals surface area (Å²) in [6.45, 7) is 1.90. The van der Waals surface area contributed by atoms with Gasteiger partial charge in [-0.1, -0.05) is 42.0 Å². The second kappa shape index (κ2) is 8.27. The molecule has 2 rings (SSSR count). The Morgan fingerprint density at radius 2 is 1.61 bits per heavy atom. The molecule has 2 nitrogen and oxygen atoms in total. The molecule has 0 aliphatic rings. The zero-order valence-corrected chi connectivity index (χ0v) is 15.1. The Labute approximate surface area is 146 Å². The van der Waals surface area contributed by atoms with Crippen molar-refractivity contribution >= 4 is 35.1 Å². The van der Waals surface area contributed by atoms with E-state index in [1.807, 2.05) is 37.3 Å². The lowest BCUT2D eigenvalue weighted by Gasteiger charge is -2.15. The van der Waals surface area contributed by atoms with Crippen LogP contribution in [0.5, 0.6) is 0 Å². The predicted octanol–water partition coefficient (Wildman–Crippen LogP) is 5.43. The Balaban J connectivity index is 2.61. The van der Waals surface area contributed by atoms with Gasteiger partial charge in [-0.05, 0) is 48.3 Å². The molecular weight excluding hydrogens is 324 g/mol. The first kappa shape index (κ1) is 17.7. The highest BCUT2D eigenvalue weighted by molar-refractivity contribution is 8.01. The summed E-state index contributed by atoms with van der Waals surface area (Å²) in [7, 11) is 0. The molecule has 0 saturated heterocycles. The van der Waals surface area contributed by atoms with Crippen LogP contribution in [0.25, 0.3) is 5.57 Å². The van der Waals surface area contributed by atoms with E-state index in [-0.39, 0.29) is 6.42 Å². The molecule has 0 bridgehead atoms. The number of benzene rings is 2. The van der Waals surface area contributed by atoms with Crippen molar-refractivity contribution in [3.63, 3.8) is 0 Å². The molecule has 0 atom stereocenters. The number of rotatable bonds is 6. The number of hydrogen-bond donors (Lipinski definition) is 1. The van der Waals surface area contributed by atoms with Gasteiger partial charge in [-0.3, -0.25) is 4.79 Å². The number of hydrogen-bond acceptors (Lipinski definition) is 3. The Morgan fingerprint density at radius 3 is 2.17 bits per heavy atom. The molecule has 4 heteroatoms. The maximum Gasteiger partial charge on any atom is 0.307 e. The van der Waals surface area contributed by atoms with Gasteiger partial charge in [0.1, 0.15) is 0 Å². The van der Waals surface area contributed by atoms with Crippen LogP contribution >= 0.6 is 23.5 Å². The Kier molecular flexibility index (Phi) is 6.37. The third kappa shape index (κ3) is 4.43. The summed E-state index contributed by atoms with van der Waals surface area (Å²) < 4.78 is 0. The van der Waals surface area contributed by atoms with E-state index in [1.165, 1.54) is 9.79 Å². The van der Waals surface area contributed by atoms with E-state index in [9.17, 15) is 4.79 Å². The van der Waals surface area contributed by atoms with Gasteiger partial charge < -0.3 is 5.11 Å². The summed E-state index contributed by atoms with van der Waals surface area (Å²) >= 11 is 3.44. The monoisotopic (exact) mass is 344 g/mol. The van der Waals surface area contributed by atoms with E-state index >= 15 is 0 Å². The molecule has 0 aliphatic heterocycles. The summed E-state index contributed by atoms with van der Waals surface area (Å²) in [5.74, 6) is -0.804. The first-order chi connectivity index (χ1) is 11.1. The maximum atomic E-state index is 11.2. The molecular formula is C19H20O2S2. The van der Waals surface area contributed by atoms with E-state index < -0.39 is 5.97 Å². The van der Waals surface area contributed by atoms with Crippen LogP contribution in [-0.4, -0.2) is 23.6 Å². The third-order valence-corrected chi connectivity index (χ3v) is 5.28. The topological polar surface area (TPSA) is 37.3 Å². The average molecular weight is 345 g/mol. The molecule has 0 radical (unpaired) electrons. The third-order valence-electron chi connectivity index (χ3n) is 3.58. The fourth-order valence-corrected chi connectivity index (χ4v) is 4.05. The Hall–Kier alpha value is -1.65. The van der Waals surface area contributed by atoms with Crippen LogP contribution in [0.1, 0.15) is 24.5 Å². The van der Waals surface area contributed by atoms with E-state index in [0.29, 0.717) is 0 Å². The second-order valence-electron chi connectivity index (χ2n) is 5.16. The minimum Gasteiger partial charge on any atom is -0.481 e. The van der Waals surface area contributed by atoms with E-state index in [1.54, 1.807) is 23.5 Å². The molecule has 0 aromatic heterocycles. The number of carbonyl (C=O) groups is 1. The molecule has 0 aliphatic carbocycles. The lowest BCUT2D eigenvalue weighted by atomic mass is 9.92. The largest absolute Gasteiger partial charge is 0.481 e. The zero-order valence-electron chi connectivity index (χ0n) is 13.5. The van der Waals surface area contributed by atoms with Gasteiger partial charge in [-0.25, -0.2) is 0 Å². The summed E-state index contributed by atoms with van der Waals surface area (Å²) in [6, 6.07) is 16.3. The van der Waals surface area contributed by atoms with Crippen molar-refractivity contribution in [1.82, 2.24) is 0 Å². The van der Waals surface area contributed by atoms with Gasteiger partial charge in [0.2, 0.25) is 0 Å². The van der Waals surface area contributed by atoms with Gasteiger partial charge >= 0.3 is 5.97 Å². The Morgan fingerprint density at radius 1 is 0.957 bits per heavy atom. The van der Waals surface area contributed by atoms with Crippen molar-refractivity contribution in [2.24, 2.45) is 0 Å². The molecule has 0 heterocycles. The SMILES string of the molecule is CSc1ccc(/C(=C(/C)CC(=O)O)c2ccccc2)cc1SC. The van der Waals surface area contributed by atoms with E-state index in [0.717, 1.165) is 22.3 Å².